The number of hydrogen-bond acceptors (Lipinski definition) is 3. The molecule has 0 atom stereocenters. The molecule has 0 unspecified atom stereocenters. The van der Waals surface area contributed by atoms with E-state index in [-0.39, 0.29) is 5.91 Å². The SMILES string of the molecule is Cc1ncc(N)cc1C(=O)NCC1(C2CC2)CC1. The van der Waals surface area contributed by atoms with E-state index in [4.69, 9.17) is 5.73 Å². The zero-order valence-electron chi connectivity index (χ0n) is 10.7. The van der Waals surface area contributed by atoms with Crippen molar-refractivity contribution in [3.8, 4) is 0 Å². The van der Waals surface area contributed by atoms with Crippen LogP contribution >= 0.6 is 0 Å². The number of hydrogen-bond donors (Lipinski definition) is 2. The molecule has 96 valence electrons. The first-order valence-electron chi connectivity index (χ1n) is 6.61. The molecule has 2 saturated carbocycles. The van der Waals surface area contributed by atoms with Crippen LogP contribution < -0.4 is 11.1 Å². The van der Waals surface area contributed by atoms with Crippen molar-refractivity contribution in [2.75, 3.05) is 12.3 Å². The zero-order chi connectivity index (χ0) is 12.8. The van der Waals surface area contributed by atoms with Gasteiger partial charge in [0.1, 0.15) is 0 Å². The first-order valence-corrected chi connectivity index (χ1v) is 6.61. The summed E-state index contributed by atoms with van der Waals surface area (Å²) in [6.45, 7) is 2.65. The van der Waals surface area contributed by atoms with E-state index in [1.165, 1.54) is 25.7 Å². The summed E-state index contributed by atoms with van der Waals surface area (Å²) in [4.78, 5) is 16.2. The number of nitrogens with zero attached hydrogens (tertiary/aromatic N) is 1. The number of nitrogens with two attached hydrogens (primary N) is 1. The summed E-state index contributed by atoms with van der Waals surface area (Å²) >= 11 is 0. The molecular weight excluding hydrogens is 226 g/mol. The number of amides is 1. The fraction of sp³-hybridized carbons (Fsp3) is 0.571. The van der Waals surface area contributed by atoms with E-state index in [0.29, 0.717) is 16.7 Å². The highest BCUT2D eigenvalue weighted by atomic mass is 16.1. The summed E-state index contributed by atoms with van der Waals surface area (Å²) in [7, 11) is 0. The molecule has 0 spiro atoms. The van der Waals surface area contributed by atoms with Crippen molar-refractivity contribution in [1.29, 1.82) is 0 Å². The summed E-state index contributed by atoms with van der Waals surface area (Å²) in [5, 5.41) is 3.06. The van der Waals surface area contributed by atoms with Gasteiger partial charge in [-0.15, -0.1) is 0 Å². The molecule has 4 heteroatoms. The van der Waals surface area contributed by atoms with Crippen LogP contribution in [0.4, 0.5) is 5.69 Å². The number of nitrogens with one attached hydrogen (secondary N) is 1. The third-order valence-electron chi connectivity index (χ3n) is 4.29. The number of pyridine rings is 1. The minimum Gasteiger partial charge on any atom is -0.397 e. The smallest absolute Gasteiger partial charge is 0.253 e. The summed E-state index contributed by atoms with van der Waals surface area (Å²) in [6, 6.07) is 1.70. The molecule has 2 aliphatic carbocycles. The minimum absolute atomic E-state index is 0.0424. The molecule has 1 aromatic heterocycles. The van der Waals surface area contributed by atoms with Gasteiger partial charge < -0.3 is 11.1 Å². The maximum absolute atomic E-state index is 12.1. The van der Waals surface area contributed by atoms with Gasteiger partial charge in [-0.25, -0.2) is 0 Å². The Hall–Kier alpha value is -1.58. The van der Waals surface area contributed by atoms with Gasteiger partial charge in [-0.05, 0) is 50.0 Å². The van der Waals surface area contributed by atoms with Crippen molar-refractivity contribution in [3.05, 3.63) is 23.5 Å². The highest BCUT2D eigenvalue weighted by molar-refractivity contribution is 5.95. The molecule has 0 radical (unpaired) electrons. The fourth-order valence-electron chi connectivity index (χ4n) is 2.72. The standard InChI is InChI=1S/C14H19N3O/c1-9-12(6-11(15)7-16-9)13(18)17-8-14(4-5-14)10-2-3-10/h6-7,10H,2-5,8,15H2,1H3,(H,17,18). The van der Waals surface area contributed by atoms with Crippen LogP contribution in [0, 0.1) is 18.3 Å². The second kappa shape index (κ2) is 3.97. The van der Waals surface area contributed by atoms with E-state index >= 15 is 0 Å². The highest BCUT2D eigenvalue weighted by Gasteiger charge is 2.53. The molecule has 1 heterocycles. The number of anilines is 1. The molecule has 2 fully saturated rings. The van der Waals surface area contributed by atoms with Crippen LogP contribution in [-0.4, -0.2) is 17.4 Å². The van der Waals surface area contributed by atoms with Crippen molar-refractivity contribution in [3.63, 3.8) is 0 Å². The lowest BCUT2D eigenvalue weighted by Crippen LogP contribution is -2.31. The fourth-order valence-corrected chi connectivity index (χ4v) is 2.72. The summed E-state index contributed by atoms with van der Waals surface area (Å²) < 4.78 is 0. The molecular formula is C14H19N3O. The maximum Gasteiger partial charge on any atom is 0.253 e. The van der Waals surface area contributed by atoms with Crippen LogP contribution in [0.5, 0.6) is 0 Å². The van der Waals surface area contributed by atoms with Gasteiger partial charge in [-0.3, -0.25) is 9.78 Å². The second-order valence-corrected chi connectivity index (χ2v) is 5.72. The summed E-state index contributed by atoms with van der Waals surface area (Å²) in [5.41, 5.74) is 7.97. The minimum atomic E-state index is -0.0424. The van der Waals surface area contributed by atoms with E-state index in [1.54, 1.807) is 12.3 Å². The highest BCUT2D eigenvalue weighted by Crippen LogP contribution is 2.60. The molecule has 1 amide bonds. The van der Waals surface area contributed by atoms with Gasteiger partial charge in [0.15, 0.2) is 0 Å². The molecule has 1 aromatic rings. The predicted octanol–water partition coefficient (Wildman–Crippen LogP) is 1.89. The molecule has 3 rings (SSSR count). The second-order valence-electron chi connectivity index (χ2n) is 5.72. The zero-order valence-corrected chi connectivity index (χ0v) is 10.7. The Labute approximate surface area is 107 Å². The van der Waals surface area contributed by atoms with Crippen molar-refractivity contribution < 1.29 is 4.79 Å². The van der Waals surface area contributed by atoms with Gasteiger partial charge in [0, 0.05) is 6.54 Å². The lowest BCUT2D eigenvalue weighted by atomic mass is 10.0. The average molecular weight is 245 g/mol. The molecule has 2 aliphatic rings. The predicted molar refractivity (Wildman–Crippen MR) is 70.1 cm³/mol. The topological polar surface area (TPSA) is 68.0 Å². The first-order chi connectivity index (χ1) is 8.61. The molecule has 4 nitrogen and oxygen atoms in total. The van der Waals surface area contributed by atoms with Gasteiger partial charge in [0.05, 0.1) is 23.1 Å². The largest absolute Gasteiger partial charge is 0.397 e. The molecule has 0 bridgehead atoms. The van der Waals surface area contributed by atoms with Crippen molar-refractivity contribution in [2.24, 2.45) is 11.3 Å². The summed E-state index contributed by atoms with van der Waals surface area (Å²) in [6.07, 6.45) is 6.81. The number of carbonyl (C=O) groups is 1. The normalized spacial score (nSPS) is 20.5. The van der Waals surface area contributed by atoms with Crippen molar-refractivity contribution in [2.45, 2.75) is 32.6 Å². The quantitative estimate of drug-likeness (QED) is 0.851. The number of nitrogen functional groups attached to an aromatic ring is 1. The Morgan fingerprint density at radius 3 is 2.89 bits per heavy atom. The average Bonchev–Trinajstić information content (AvgIpc) is 3.21. The Morgan fingerprint density at radius 1 is 1.56 bits per heavy atom. The van der Waals surface area contributed by atoms with E-state index in [2.05, 4.69) is 10.3 Å². The van der Waals surface area contributed by atoms with Crippen LogP contribution in [0.1, 0.15) is 41.7 Å². The van der Waals surface area contributed by atoms with Crippen LogP contribution in [0.15, 0.2) is 12.3 Å². The van der Waals surface area contributed by atoms with E-state index in [1.807, 2.05) is 6.92 Å². The van der Waals surface area contributed by atoms with E-state index in [9.17, 15) is 4.79 Å². The van der Waals surface area contributed by atoms with Gasteiger partial charge in [0.25, 0.3) is 5.91 Å². The monoisotopic (exact) mass is 245 g/mol. The van der Waals surface area contributed by atoms with Gasteiger partial charge in [-0.2, -0.15) is 0 Å². The van der Waals surface area contributed by atoms with Crippen LogP contribution in [-0.2, 0) is 0 Å². The van der Waals surface area contributed by atoms with Crippen LogP contribution in [0.25, 0.3) is 0 Å². The number of aromatic nitrogens is 1. The molecule has 0 saturated heterocycles. The molecule has 3 N–H and O–H groups in total. The Morgan fingerprint density at radius 2 is 2.28 bits per heavy atom. The lowest BCUT2D eigenvalue weighted by molar-refractivity contribution is 0.0941. The first kappa shape index (κ1) is 11.5. The maximum atomic E-state index is 12.1. The van der Waals surface area contributed by atoms with Gasteiger partial charge >= 0.3 is 0 Å². The number of carbonyl (C=O) groups excluding carboxylic acids is 1. The third kappa shape index (κ3) is 2.07. The molecule has 0 aromatic carbocycles. The van der Waals surface area contributed by atoms with Crippen LogP contribution in [0.2, 0.25) is 0 Å². The number of aryl methyl sites for hydroxylation is 1. The third-order valence-corrected chi connectivity index (χ3v) is 4.29. The van der Waals surface area contributed by atoms with Gasteiger partial charge in [0.2, 0.25) is 0 Å². The molecule has 0 aliphatic heterocycles. The van der Waals surface area contributed by atoms with Gasteiger partial charge in [-0.1, -0.05) is 0 Å². The van der Waals surface area contributed by atoms with E-state index < -0.39 is 0 Å². The Balaban J connectivity index is 1.65. The summed E-state index contributed by atoms with van der Waals surface area (Å²) in [5.74, 6) is 0.817. The molecule has 18 heavy (non-hydrogen) atoms. The van der Waals surface area contributed by atoms with Crippen LogP contribution in [0.3, 0.4) is 0 Å². The lowest BCUT2D eigenvalue weighted by Gasteiger charge is -2.15. The Kier molecular flexibility index (Phi) is 2.54. The Bertz CT molecular complexity index is 490. The van der Waals surface area contributed by atoms with Crippen molar-refractivity contribution in [1.82, 2.24) is 10.3 Å². The van der Waals surface area contributed by atoms with E-state index in [0.717, 1.165) is 18.2 Å². The number of rotatable bonds is 4. The van der Waals surface area contributed by atoms with Crippen molar-refractivity contribution >= 4 is 11.6 Å².